The minimum atomic E-state index is -0.364. The lowest BCUT2D eigenvalue weighted by Gasteiger charge is -2.07. The number of nitrogens with zero attached hydrogens (tertiary/aromatic N) is 1. The first-order chi connectivity index (χ1) is 5.38. The van der Waals surface area contributed by atoms with E-state index in [0.29, 0.717) is 13.2 Å². The molecule has 0 unspecified atom stereocenters. The number of hydrogen-bond donors (Lipinski definition) is 1. The van der Waals surface area contributed by atoms with Crippen molar-refractivity contribution >= 4 is 11.5 Å². The Balaban J connectivity index is 2.16. The highest BCUT2D eigenvalue weighted by molar-refractivity contribution is 7.03. The van der Waals surface area contributed by atoms with Gasteiger partial charge in [0.25, 0.3) is 0 Å². The third-order valence-electron chi connectivity index (χ3n) is 1.89. The van der Waals surface area contributed by atoms with Gasteiger partial charge in [0, 0.05) is 5.38 Å². The van der Waals surface area contributed by atoms with Gasteiger partial charge in [-0.15, -0.1) is 0 Å². The van der Waals surface area contributed by atoms with E-state index in [1.54, 1.807) is 0 Å². The van der Waals surface area contributed by atoms with Gasteiger partial charge in [-0.3, -0.25) is 0 Å². The lowest BCUT2D eigenvalue weighted by Crippen LogP contribution is -2.15. The summed E-state index contributed by atoms with van der Waals surface area (Å²) in [7, 11) is 0. The van der Waals surface area contributed by atoms with Gasteiger partial charge in [0.05, 0.1) is 30.9 Å². The molecule has 0 spiro atoms. The molecule has 0 amide bonds. The summed E-state index contributed by atoms with van der Waals surface area (Å²) in [5.41, 5.74) is 0.958. The summed E-state index contributed by atoms with van der Waals surface area (Å²) < 4.78 is 9.26. The topological polar surface area (TPSA) is 42.4 Å². The molecule has 0 aliphatic carbocycles. The number of aromatic nitrogens is 1. The van der Waals surface area contributed by atoms with Crippen LogP contribution < -0.4 is 0 Å². The molecule has 1 fully saturated rings. The summed E-state index contributed by atoms with van der Waals surface area (Å²) >= 11 is 1.41. The molecule has 1 N–H and O–H groups in total. The Morgan fingerprint density at radius 1 is 1.64 bits per heavy atom. The maximum Gasteiger partial charge on any atom is 0.0879 e. The molecule has 1 aliphatic rings. The van der Waals surface area contributed by atoms with E-state index in [9.17, 15) is 5.11 Å². The summed E-state index contributed by atoms with van der Waals surface area (Å²) in [6, 6.07) is 1.94. The first-order valence-electron chi connectivity index (χ1n) is 3.54. The van der Waals surface area contributed by atoms with Crippen LogP contribution in [0.5, 0.6) is 0 Å². The fourth-order valence-electron chi connectivity index (χ4n) is 1.24. The number of rotatable bonds is 1. The zero-order valence-corrected chi connectivity index (χ0v) is 6.75. The number of aliphatic hydroxyl groups is 1. The molecule has 1 aliphatic heterocycles. The predicted molar refractivity (Wildman–Crippen MR) is 41.7 cm³/mol. The molecule has 0 radical (unpaired) electrons. The van der Waals surface area contributed by atoms with Crippen LogP contribution in [0.4, 0.5) is 0 Å². The van der Waals surface area contributed by atoms with Crippen molar-refractivity contribution in [2.24, 2.45) is 0 Å². The van der Waals surface area contributed by atoms with Crippen molar-refractivity contribution in [2.75, 3.05) is 13.2 Å². The van der Waals surface area contributed by atoms with Crippen molar-refractivity contribution in [2.45, 2.75) is 12.0 Å². The fourth-order valence-corrected chi connectivity index (χ4v) is 1.82. The van der Waals surface area contributed by atoms with Gasteiger partial charge in [-0.1, -0.05) is 0 Å². The fraction of sp³-hybridized carbons (Fsp3) is 0.571. The van der Waals surface area contributed by atoms with E-state index in [1.807, 2.05) is 11.4 Å². The third kappa shape index (κ3) is 1.29. The smallest absolute Gasteiger partial charge is 0.0879 e. The first kappa shape index (κ1) is 7.21. The maximum atomic E-state index is 9.40. The first-order valence-corrected chi connectivity index (χ1v) is 4.37. The molecule has 1 aromatic rings. The van der Waals surface area contributed by atoms with Crippen molar-refractivity contribution in [1.29, 1.82) is 0 Å². The molecule has 1 aromatic heterocycles. The normalized spacial score (nSPS) is 31.0. The molecule has 2 atom stereocenters. The summed E-state index contributed by atoms with van der Waals surface area (Å²) in [6.45, 7) is 1.05. The lowest BCUT2D eigenvalue weighted by atomic mass is 10.0. The number of hydrogen-bond acceptors (Lipinski definition) is 4. The van der Waals surface area contributed by atoms with E-state index in [-0.39, 0.29) is 12.0 Å². The summed E-state index contributed by atoms with van der Waals surface area (Å²) in [6.07, 6.45) is -0.364. The van der Waals surface area contributed by atoms with Crippen molar-refractivity contribution in [1.82, 2.24) is 4.37 Å². The van der Waals surface area contributed by atoms with Crippen molar-refractivity contribution in [3.05, 3.63) is 17.1 Å². The van der Waals surface area contributed by atoms with Gasteiger partial charge in [0.2, 0.25) is 0 Å². The van der Waals surface area contributed by atoms with Gasteiger partial charge in [0.15, 0.2) is 0 Å². The lowest BCUT2D eigenvalue weighted by molar-refractivity contribution is 0.124. The quantitative estimate of drug-likeness (QED) is 0.673. The number of ether oxygens (including phenoxy) is 1. The monoisotopic (exact) mass is 171 g/mol. The van der Waals surface area contributed by atoms with Gasteiger partial charge >= 0.3 is 0 Å². The second kappa shape index (κ2) is 2.89. The van der Waals surface area contributed by atoms with Gasteiger partial charge < -0.3 is 9.84 Å². The molecule has 2 rings (SSSR count). The molecule has 60 valence electrons. The minimum Gasteiger partial charge on any atom is -0.390 e. The van der Waals surface area contributed by atoms with E-state index in [2.05, 4.69) is 4.37 Å². The van der Waals surface area contributed by atoms with E-state index in [0.717, 1.165) is 5.69 Å². The van der Waals surface area contributed by atoms with E-state index < -0.39 is 0 Å². The Kier molecular flexibility index (Phi) is 1.89. The highest BCUT2D eigenvalue weighted by atomic mass is 32.1. The second-order valence-electron chi connectivity index (χ2n) is 2.64. The Labute approximate surface area is 68.8 Å². The Bertz CT molecular complexity index is 224. The van der Waals surface area contributed by atoms with Crippen LogP contribution in [0.2, 0.25) is 0 Å². The molecule has 0 bridgehead atoms. The molecule has 3 nitrogen and oxygen atoms in total. The minimum absolute atomic E-state index is 0.0984. The summed E-state index contributed by atoms with van der Waals surface area (Å²) in [5.74, 6) is 0.0984. The van der Waals surface area contributed by atoms with Gasteiger partial charge in [0.1, 0.15) is 0 Å². The predicted octanol–water partition coefficient (Wildman–Crippen LogP) is 0.618. The van der Waals surface area contributed by atoms with Crippen molar-refractivity contribution in [3.8, 4) is 0 Å². The SMILES string of the molecule is O[C@@H]1COC[C@H]1c1ccsn1. The van der Waals surface area contributed by atoms with Crippen molar-refractivity contribution in [3.63, 3.8) is 0 Å². The molecular formula is C7H9NO2S. The van der Waals surface area contributed by atoms with Gasteiger partial charge in [-0.25, -0.2) is 0 Å². The Morgan fingerprint density at radius 3 is 3.09 bits per heavy atom. The summed E-state index contributed by atoms with van der Waals surface area (Å²) in [5, 5.41) is 11.3. The van der Waals surface area contributed by atoms with Crippen LogP contribution in [-0.4, -0.2) is 28.8 Å². The largest absolute Gasteiger partial charge is 0.390 e. The number of aliphatic hydroxyl groups excluding tert-OH is 1. The molecule has 2 heterocycles. The van der Waals surface area contributed by atoms with E-state index >= 15 is 0 Å². The van der Waals surface area contributed by atoms with Gasteiger partial charge in [-0.05, 0) is 17.6 Å². The molecule has 4 heteroatoms. The van der Waals surface area contributed by atoms with Crippen LogP contribution in [0.15, 0.2) is 11.4 Å². The highest BCUT2D eigenvalue weighted by Crippen LogP contribution is 2.24. The zero-order chi connectivity index (χ0) is 7.68. The maximum absolute atomic E-state index is 9.40. The molecule has 1 saturated heterocycles. The average molecular weight is 171 g/mol. The van der Waals surface area contributed by atoms with Crippen molar-refractivity contribution < 1.29 is 9.84 Å². The Morgan fingerprint density at radius 2 is 2.55 bits per heavy atom. The van der Waals surface area contributed by atoms with E-state index in [4.69, 9.17) is 4.74 Å². The van der Waals surface area contributed by atoms with Gasteiger partial charge in [-0.2, -0.15) is 4.37 Å². The van der Waals surface area contributed by atoms with Crippen LogP contribution in [0.3, 0.4) is 0 Å². The molecule has 0 saturated carbocycles. The Hall–Kier alpha value is -0.450. The average Bonchev–Trinajstić information content (AvgIpc) is 2.55. The van der Waals surface area contributed by atoms with E-state index in [1.165, 1.54) is 11.5 Å². The molecular weight excluding hydrogens is 162 g/mol. The summed E-state index contributed by atoms with van der Waals surface area (Å²) in [4.78, 5) is 0. The molecule has 11 heavy (non-hydrogen) atoms. The third-order valence-corrected chi connectivity index (χ3v) is 2.46. The second-order valence-corrected chi connectivity index (χ2v) is 3.30. The van der Waals surface area contributed by atoms with Crippen LogP contribution in [0.25, 0.3) is 0 Å². The molecule has 0 aromatic carbocycles. The van der Waals surface area contributed by atoms with Crippen LogP contribution in [0, 0.1) is 0 Å². The van der Waals surface area contributed by atoms with Crippen LogP contribution in [0.1, 0.15) is 11.6 Å². The van der Waals surface area contributed by atoms with Crippen LogP contribution in [-0.2, 0) is 4.74 Å². The zero-order valence-electron chi connectivity index (χ0n) is 5.93. The van der Waals surface area contributed by atoms with Crippen LogP contribution >= 0.6 is 11.5 Å². The highest BCUT2D eigenvalue weighted by Gasteiger charge is 2.28. The standard InChI is InChI=1S/C7H9NO2S/c9-7-4-10-3-5(7)6-1-2-11-8-6/h1-2,5,7,9H,3-4H2/t5-,7+/m0/s1.